The van der Waals surface area contributed by atoms with Crippen molar-refractivity contribution < 1.29 is 4.74 Å². The molecule has 124 valence electrons. The van der Waals surface area contributed by atoms with Gasteiger partial charge >= 0.3 is 0 Å². The minimum atomic E-state index is -0.0678. The van der Waals surface area contributed by atoms with Crippen molar-refractivity contribution in [3.8, 4) is 0 Å². The number of hydrogen-bond acceptors (Lipinski definition) is 4. The normalized spacial score (nSPS) is 22.3. The maximum atomic E-state index is 5.81. The summed E-state index contributed by atoms with van der Waals surface area (Å²) < 4.78 is 5.81. The van der Waals surface area contributed by atoms with E-state index in [0.717, 1.165) is 44.2 Å². The second-order valence-electron chi connectivity index (χ2n) is 6.28. The lowest BCUT2D eigenvalue weighted by Gasteiger charge is -2.24. The largest absolute Gasteiger partial charge is 0.373 e. The molecular formula is C16H28N4OS. The van der Waals surface area contributed by atoms with Crippen LogP contribution in [-0.4, -0.2) is 36.2 Å². The number of ether oxygens (including phenoxy) is 1. The second-order valence-corrected chi connectivity index (χ2v) is 7.17. The molecule has 1 aromatic rings. The number of guanidine groups is 1. The van der Waals surface area contributed by atoms with Crippen molar-refractivity contribution in [1.29, 1.82) is 0 Å². The predicted octanol–water partition coefficient (Wildman–Crippen LogP) is 2.89. The summed E-state index contributed by atoms with van der Waals surface area (Å²) in [7, 11) is 0. The number of rotatable bonds is 6. The van der Waals surface area contributed by atoms with Gasteiger partial charge in [-0.15, -0.1) is 11.3 Å². The molecule has 5 nitrogen and oxygen atoms in total. The topological polar surface area (TPSA) is 58.5 Å². The quantitative estimate of drug-likeness (QED) is 0.624. The number of nitrogens with zero attached hydrogens (tertiary/aromatic N) is 2. The third-order valence-electron chi connectivity index (χ3n) is 3.74. The van der Waals surface area contributed by atoms with Crippen LogP contribution in [0.15, 0.2) is 10.4 Å². The first-order valence-corrected chi connectivity index (χ1v) is 9.01. The first-order valence-electron chi connectivity index (χ1n) is 8.13. The summed E-state index contributed by atoms with van der Waals surface area (Å²) >= 11 is 1.71. The first kappa shape index (κ1) is 17.2. The average molecular weight is 324 g/mol. The molecule has 1 aromatic heterocycles. The Hall–Kier alpha value is -1.14. The summed E-state index contributed by atoms with van der Waals surface area (Å²) in [5, 5.41) is 9.95. The summed E-state index contributed by atoms with van der Waals surface area (Å²) in [6.45, 7) is 11.7. The van der Waals surface area contributed by atoms with Crippen molar-refractivity contribution in [3.63, 3.8) is 0 Å². The van der Waals surface area contributed by atoms with E-state index in [2.05, 4.69) is 53.7 Å². The van der Waals surface area contributed by atoms with Gasteiger partial charge in [0.2, 0.25) is 0 Å². The number of thiazole rings is 1. The van der Waals surface area contributed by atoms with Crippen LogP contribution < -0.4 is 10.6 Å². The van der Waals surface area contributed by atoms with Crippen molar-refractivity contribution in [2.24, 2.45) is 4.99 Å². The number of aliphatic imine (C=N–C) groups is 1. The standard InChI is InChI=1S/C16H28N4OS/c1-5-17-15(19-11-16(4)7-6-8-21-16)18-9-13-10-22-14(20-13)12(2)3/h10,12H,5-9,11H2,1-4H3,(H2,17,18,19). The molecule has 22 heavy (non-hydrogen) atoms. The zero-order chi connectivity index (χ0) is 16.0. The Kier molecular flexibility index (Phi) is 6.20. The molecule has 1 aliphatic rings. The highest BCUT2D eigenvalue weighted by atomic mass is 32.1. The number of aromatic nitrogens is 1. The molecule has 0 radical (unpaired) electrons. The Labute approximate surface area is 137 Å². The summed E-state index contributed by atoms with van der Waals surface area (Å²) in [4.78, 5) is 9.26. The third-order valence-corrected chi connectivity index (χ3v) is 4.93. The van der Waals surface area contributed by atoms with E-state index in [9.17, 15) is 0 Å². The van der Waals surface area contributed by atoms with Crippen LogP contribution in [0.25, 0.3) is 0 Å². The summed E-state index contributed by atoms with van der Waals surface area (Å²) in [6, 6.07) is 0. The van der Waals surface area contributed by atoms with Crippen LogP contribution in [-0.2, 0) is 11.3 Å². The first-order chi connectivity index (χ1) is 10.5. The van der Waals surface area contributed by atoms with Crippen LogP contribution in [0.1, 0.15) is 57.2 Å². The molecule has 6 heteroatoms. The highest BCUT2D eigenvalue weighted by molar-refractivity contribution is 7.09. The van der Waals surface area contributed by atoms with Crippen molar-refractivity contribution in [2.45, 2.75) is 58.6 Å². The van der Waals surface area contributed by atoms with Gasteiger partial charge in [-0.2, -0.15) is 0 Å². The van der Waals surface area contributed by atoms with Gasteiger partial charge in [0.05, 0.1) is 22.8 Å². The van der Waals surface area contributed by atoms with Gasteiger partial charge in [0.15, 0.2) is 5.96 Å². The summed E-state index contributed by atoms with van der Waals surface area (Å²) in [5.74, 6) is 1.31. The maximum Gasteiger partial charge on any atom is 0.191 e. The molecule has 0 amide bonds. The van der Waals surface area contributed by atoms with Gasteiger partial charge in [0, 0.05) is 31.0 Å². The smallest absolute Gasteiger partial charge is 0.191 e. The Morgan fingerprint density at radius 3 is 2.91 bits per heavy atom. The second kappa shape index (κ2) is 7.92. The minimum absolute atomic E-state index is 0.0678. The molecule has 0 spiro atoms. The lowest BCUT2D eigenvalue weighted by atomic mass is 10.0. The van der Waals surface area contributed by atoms with Crippen molar-refractivity contribution in [1.82, 2.24) is 15.6 Å². The average Bonchev–Trinajstić information content (AvgIpc) is 3.11. The zero-order valence-corrected chi connectivity index (χ0v) is 14.9. The number of nitrogens with one attached hydrogen (secondary N) is 2. The fourth-order valence-corrected chi connectivity index (χ4v) is 3.24. The monoisotopic (exact) mass is 324 g/mol. The van der Waals surface area contributed by atoms with E-state index in [1.807, 2.05) is 0 Å². The van der Waals surface area contributed by atoms with E-state index >= 15 is 0 Å². The molecule has 0 aromatic carbocycles. The Balaban J connectivity index is 1.91. The lowest BCUT2D eigenvalue weighted by molar-refractivity contribution is 0.0243. The zero-order valence-electron chi connectivity index (χ0n) is 14.1. The highest BCUT2D eigenvalue weighted by Crippen LogP contribution is 2.23. The SMILES string of the molecule is CCNC(=NCc1csc(C(C)C)n1)NCC1(C)CCCO1. The van der Waals surface area contributed by atoms with Gasteiger partial charge in [0.1, 0.15) is 0 Å². The molecular weight excluding hydrogens is 296 g/mol. The van der Waals surface area contributed by atoms with Crippen LogP contribution in [0.3, 0.4) is 0 Å². The fraction of sp³-hybridized carbons (Fsp3) is 0.750. The lowest BCUT2D eigenvalue weighted by Crippen LogP contribution is -2.45. The van der Waals surface area contributed by atoms with Gasteiger partial charge in [0.25, 0.3) is 0 Å². The van der Waals surface area contributed by atoms with E-state index in [0.29, 0.717) is 12.5 Å². The molecule has 1 unspecified atom stereocenters. The molecule has 0 aliphatic carbocycles. The van der Waals surface area contributed by atoms with E-state index in [-0.39, 0.29) is 5.60 Å². The van der Waals surface area contributed by atoms with Crippen LogP contribution in [0.4, 0.5) is 0 Å². The Morgan fingerprint density at radius 1 is 1.50 bits per heavy atom. The van der Waals surface area contributed by atoms with Gasteiger partial charge in [-0.25, -0.2) is 9.98 Å². The highest BCUT2D eigenvalue weighted by Gasteiger charge is 2.29. The van der Waals surface area contributed by atoms with Crippen LogP contribution in [0.2, 0.25) is 0 Å². The van der Waals surface area contributed by atoms with E-state index < -0.39 is 0 Å². The number of hydrogen-bond donors (Lipinski definition) is 2. The fourth-order valence-electron chi connectivity index (χ4n) is 2.41. The molecule has 2 rings (SSSR count). The molecule has 1 aliphatic heterocycles. The van der Waals surface area contributed by atoms with Gasteiger partial charge in [-0.3, -0.25) is 0 Å². The molecule has 2 heterocycles. The maximum absolute atomic E-state index is 5.81. The molecule has 0 bridgehead atoms. The van der Waals surface area contributed by atoms with E-state index in [1.165, 1.54) is 5.01 Å². The molecule has 1 fully saturated rings. The Bertz CT molecular complexity index is 492. The molecule has 0 saturated carbocycles. The van der Waals surface area contributed by atoms with Crippen LogP contribution in [0.5, 0.6) is 0 Å². The predicted molar refractivity (Wildman–Crippen MR) is 92.6 cm³/mol. The van der Waals surface area contributed by atoms with Crippen molar-refractivity contribution in [3.05, 3.63) is 16.1 Å². The third kappa shape index (κ3) is 4.95. The Morgan fingerprint density at radius 2 is 2.32 bits per heavy atom. The van der Waals surface area contributed by atoms with E-state index in [4.69, 9.17) is 4.74 Å². The van der Waals surface area contributed by atoms with Gasteiger partial charge < -0.3 is 15.4 Å². The van der Waals surface area contributed by atoms with E-state index in [1.54, 1.807) is 11.3 Å². The minimum Gasteiger partial charge on any atom is -0.373 e. The summed E-state index contributed by atoms with van der Waals surface area (Å²) in [6.07, 6.45) is 2.24. The van der Waals surface area contributed by atoms with Crippen LogP contribution >= 0.6 is 11.3 Å². The van der Waals surface area contributed by atoms with Crippen molar-refractivity contribution >= 4 is 17.3 Å². The van der Waals surface area contributed by atoms with Gasteiger partial charge in [-0.1, -0.05) is 13.8 Å². The molecule has 1 saturated heterocycles. The van der Waals surface area contributed by atoms with Crippen molar-refractivity contribution in [2.75, 3.05) is 19.7 Å². The summed E-state index contributed by atoms with van der Waals surface area (Å²) in [5.41, 5.74) is 0.969. The van der Waals surface area contributed by atoms with Gasteiger partial charge in [-0.05, 0) is 26.7 Å². The molecule has 2 N–H and O–H groups in total. The molecule has 1 atom stereocenters. The van der Waals surface area contributed by atoms with Crippen LogP contribution in [0, 0.1) is 0 Å².